The molecule has 0 aliphatic heterocycles. The van der Waals surface area contributed by atoms with Crippen LogP contribution in [0.2, 0.25) is 0 Å². The number of halogens is 1. The van der Waals surface area contributed by atoms with Crippen LogP contribution in [0.1, 0.15) is 37.4 Å². The number of hydrogen-bond acceptors (Lipinski definition) is 2. The Balaban J connectivity index is 2.61. The molecule has 1 heterocycles. The van der Waals surface area contributed by atoms with Gasteiger partial charge >= 0.3 is 0 Å². The van der Waals surface area contributed by atoms with Gasteiger partial charge in [-0.1, -0.05) is 13.3 Å². The predicted molar refractivity (Wildman–Crippen MR) is 43.4 cm³/mol. The van der Waals surface area contributed by atoms with Crippen LogP contribution in [0.25, 0.3) is 0 Å². The van der Waals surface area contributed by atoms with E-state index in [2.05, 4.69) is 0 Å². The minimum Gasteiger partial charge on any atom is -0.461 e. The van der Waals surface area contributed by atoms with Crippen LogP contribution < -0.4 is 0 Å². The summed E-state index contributed by atoms with van der Waals surface area (Å²) in [7, 11) is 0. The second kappa shape index (κ2) is 4.26. The van der Waals surface area contributed by atoms with E-state index in [-0.39, 0.29) is 5.76 Å². The van der Waals surface area contributed by atoms with Crippen LogP contribution in [-0.4, -0.2) is 5.11 Å². The van der Waals surface area contributed by atoms with E-state index in [1.165, 1.54) is 0 Å². The third-order valence-electron chi connectivity index (χ3n) is 1.70. The quantitative estimate of drug-likeness (QED) is 0.757. The monoisotopic (exact) mass is 172 g/mol. The number of aliphatic hydroxyl groups excluding tert-OH is 1. The lowest BCUT2D eigenvalue weighted by atomic mass is 10.2. The molecule has 0 spiro atoms. The first-order valence-electron chi connectivity index (χ1n) is 4.10. The molecule has 0 radical (unpaired) electrons. The van der Waals surface area contributed by atoms with E-state index in [1.807, 2.05) is 6.92 Å². The van der Waals surface area contributed by atoms with Crippen molar-refractivity contribution in [2.24, 2.45) is 0 Å². The lowest BCUT2D eigenvalue weighted by Gasteiger charge is -2.04. The Bertz CT molecular complexity index is 232. The lowest BCUT2D eigenvalue weighted by molar-refractivity contribution is 0.136. The summed E-state index contributed by atoms with van der Waals surface area (Å²) in [5, 5.41) is 9.41. The van der Waals surface area contributed by atoms with Gasteiger partial charge in [0.05, 0.1) is 0 Å². The minimum atomic E-state index is -0.612. The van der Waals surface area contributed by atoms with Crippen molar-refractivity contribution in [3.63, 3.8) is 0 Å². The highest BCUT2D eigenvalue weighted by Crippen LogP contribution is 2.20. The molecule has 1 rings (SSSR count). The molecule has 3 heteroatoms. The summed E-state index contributed by atoms with van der Waals surface area (Å²) in [5.74, 6) is 0.740. The molecule has 0 saturated carbocycles. The first-order valence-corrected chi connectivity index (χ1v) is 4.10. The molecule has 0 amide bonds. The van der Waals surface area contributed by atoms with Gasteiger partial charge in [0.1, 0.15) is 24.3 Å². The Morgan fingerprint density at radius 3 is 2.83 bits per heavy atom. The third kappa shape index (κ3) is 2.08. The Morgan fingerprint density at radius 2 is 2.33 bits per heavy atom. The fourth-order valence-electron chi connectivity index (χ4n) is 1.06. The molecule has 68 valence electrons. The van der Waals surface area contributed by atoms with Gasteiger partial charge in [-0.3, -0.25) is 0 Å². The molecule has 1 unspecified atom stereocenters. The number of alkyl halides is 1. The highest BCUT2D eigenvalue weighted by molar-refractivity contribution is 5.08. The highest BCUT2D eigenvalue weighted by Gasteiger charge is 2.10. The van der Waals surface area contributed by atoms with Crippen LogP contribution in [0, 0.1) is 0 Å². The van der Waals surface area contributed by atoms with E-state index in [0.29, 0.717) is 12.2 Å². The molecule has 0 aliphatic rings. The van der Waals surface area contributed by atoms with Crippen LogP contribution in [-0.2, 0) is 6.67 Å². The largest absolute Gasteiger partial charge is 0.461 e. The molecule has 1 aromatic rings. The molecule has 0 saturated heterocycles. The molecule has 1 atom stereocenters. The predicted octanol–water partition coefficient (Wildman–Crippen LogP) is 2.58. The van der Waals surface area contributed by atoms with Crippen molar-refractivity contribution in [3.8, 4) is 0 Å². The molecule has 0 aromatic carbocycles. The molecular weight excluding hydrogens is 159 g/mol. The van der Waals surface area contributed by atoms with E-state index < -0.39 is 12.8 Å². The van der Waals surface area contributed by atoms with Crippen LogP contribution in [0.3, 0.4) is 0 Å². The Hall–Kier alpha value is -0.830. The molecule has 1 aromatic heterocycles. The molecule has 0 aliphatic carbocycles. The highest BCUT2D eigenvalue weighted by atomic mass is 19.1. The zero-order valence-electron chi connectivity index (χ0n) is 7.09. The molecule has 0 fully saturated rings. The Labute approximate surface area is 71.0 Å². The summed E-state index contributed by atoms with van der Waals surface area (Å²) in [6.45, 7) is 1.36. The van der Waals surface area contributed by atoms with E-state index in [1.54, 1.807) is 12.1 Å². The number of furan rings is 1. The maximum atomic E-state index is 12.0. The molecule has 12 heavy (non-hydrogen) atoms. The van der Waals surface area contributed by atoms with Gasteiger partial charge in [-0.05, 0) is 18.6 Å². The van der Waals surface area contributed by atoms with Crippen molar-refractivity contribution in [2.75, 3.05) is 0 Å². The molecular formula is C9H13FO2. The topological polar surface area (TPSA) is 33.4 Å². The summed E-state index contributed by atoms with van der Waals surface area (Å²) >= 11 is 0. The molecule has 1 N–H and O–H groups in total. The first kappa shape index (κ1) is 9.26. The van der Waals surface area contributed by atoms with Gasteiger partial charge in [-0.2, -0.15) is 0 Å². The fourth-order valence-corrected chi connectivity index (χ4v) is 1.06. The fraction of sp³-hybridized carbons (Fsp3) is 0.556. The van der Waals surface area contributed by atoms with Crippen molar-refractivity contribution < 1.29 is 13.9 Å². The summed E-state index contributed by atoms with van der Waals surface area (Å²) in [5.41, 5.74) is 0. The lowest BCUT2D eigenvalue weighted by Crippen LogP contribution is -1.93. The summed E-state index contributed by atoms with van der Waals surface area (Å²) in [6, 6.07) is 3.17. The van der Waals surface area contributed by atoms with E-state index in [0.717, 1.165) is 6.42 Å². The van der Waals surface area contributed by atoms with Crippen molar-refractivity contribution in [3.05, 3.63) is 23.7 Å². The standard InChI is InChI=1S/C9H13FO2/c1-2-3-8(11)9-5-4-7(6-10)12-9/h4-5,8,11H,2-3,6H2,1H3. The van der Waals surface area contributed by atoms with Crippen molar-refractivity contribution in [1.82, 2.24) is 0 Å². The van der Waals surface area contributed by atoms with Crippen molar-refractivity contribution in [1.29, 1.82) is 0 Å². The van der Waals surface area contributed by atoms with Crippen molar-refractivity contribution in [2.45, 2.75) is 32.5 Å². The number of aliphatic hydroxyl groups is 1. The van der Waals surface area contributed by atoms with Gasteiger partial charge in [-0.15, -0.1) is 0 Å². The van der Waals surface area contributed by atoms with E-state index >= 15 is 0 Å². The van der Waals surface area contributed by atoms with Gasteiger partial charge in [-0.25, -0.2) is 4.39 Å². The van der Waals surface area contributed by atoms with Crippen LogP contribution in [0.15, 0.2) is 16.5 Å². The SMILES string of the molecule is CCCC(O)c1ccc(CF)o1. The second-order valence-electron chi connectivity index (χ2n) is 2.74. The van der Waals surface area contributed by atoms with Gasteiger partial charge in [0, 0.05) is 0 Å². The molecule has 2 nitrogen and oxygen atoms in total. The van der Waals surface area contributed by atoms with Gasteiger partial charge in [0.25, 0.3) is 0 Å². The van der Waals surface area contributed by atoms with E-state index in [4.69, 9.17) is 4.42 Å². The summed E-state index contributed by atoms with van der Waals surface area (Å²) < 4.78 is 17.0. The van der Waals surface area contributed by atoms with Gasteiger partial charge in [0.15, 0.2) is 0 Å². The van der Waals surface area contributed by atoms with E-state index in [9.17, 15) is 9.50 Å². The normalized spacial score (nSPS) is 13.2. The maximum Gasteiger partial charge on any atom is 0.147 e. The molecule has 0 bridgehead atoms. The van der Waals surface area contributed by atoms with Gasteiger partial charge in [0.2, 0.25) is 0 Å². The maximum absolute atomic E-state index is 12.0. The van der Waals surface area contributed by atoms with Gasteiger partial charge < -0.3 is 9.52 Å². The average molecular weight is 172 g/mol. The van der Waals surface area contributed by atoms with Crippen molar-refractivity contribution >= 4 is 0 Å². The second-order valence-corrected chi connectivity index (χ2v) is 2.74. The first-order chi connectivity index (χ1) is 5.77. The van der Waals surface area contributed by atoms with Crippen LogP contribution in [0.4, 0.5) is 4.39 Å². The summed E-state index contributed by atoms with van der Waals surface area (Å²) in [6.07, 6.45) is 0.946. The van der Waals surface area contributed by atoms with Crippen LogP contribution in [0.5, 0.6) is 0 Å². The zero-order chi connectivity index (χ0) is 8.97. The van der Waals surface area contributed by atoms with Crippen LogP contribution >= 0.6 is 0 Å². The minimum absolute atomic E-state index is 0.278. The Morgan fingerprint density at radius 1 is 1.58 bits per heavy atom. The third-order valence-corrected chi connectivity index (χ3v) is 1.70. The summed E-state index contributed by atoms with van der Waals surface area (Å²) in [4.78, 5) is 0. The average Bonchev–Trinajstić information content (AvgIpc) is 2.52. The zero-order valence-corrected chi connectivity index (χ0v) is 7.09. The Kier molecular flexibility index (Phi) is 3.29. The number of rotatable bonds is 4. The smallest absolute Gasteiger partial charge is 0.147 e. The number of hydrogen-bond donors (Lipinski definition) is 1.